The zero-order valence-electron chi connectivity index (χ0n) is 12.1. The van der Waals surface area contributed by atoms with Gasteiger partial charge in [-0.05, 0) is 49.9 Å². The van der Waals surface area contributed by atoms with E-state index in [9.17, 15) is 0 Å². The van der Waals surface area contributed by atoms with Crippen LogP contribution < -0.4 is 0 Å². The highest BCUT2D eigenvalue weighted by molar-refractivity contribution is 5.05. The maximum Gasteiger partial charge on any atom is 0.0764 e. The molecule has 0 aliphatic carbocycles. The Labute approximate surface area is 120 Å². The Morgan fingerprint density at radius 1 is 1.25 bits per heavy atom. The Morgan fingerprint density at radius 2 is 2.20 bits per heavy atom. The van der Waals surface area contributed by atoms with Gasteiger partial charge in [-0.1, -0.05) is 6.07 Å². The maximum atomic E-state index is 4.48. The third-order valence-corrected chi connectivity index (χ3v) is 3.98. The summed E-state index contributed by atoms with van der Waals surface area (Å²) in [4.78, 5) is 6.98. The lowest BCUT2D eigenvalue weighted by Crippen LogP contribution is -2.36. The van der Waals surface area contributed by atoms with Gasteiger partial charge in [0, 0.05) is 38.2 Å². The van der Waals surface area contributed by atoms with Crippen molar-refractivity contribution in [1.82, 2.24) is 19.7 Å². The Kier molecular flexibility index (Phi) is 4.11. The molecule has 2 aromatic heterocycles. The Balaban J connectivity index is 1.56. The molecule has 0 bridgehead atoms. The van der Waals surface area contributed by atoms with Gasteiger partial charge in [0.15, 0.2) is 0 Å². The lowest BCUT2D eigenvalue weighted by atomic mass is 9.93. The summed E-state index contributed by atoms with van der Waals surface area (Å²) in [6, 6.07) is 8.31. The van der Waals surface area contributed by atoms with Crippen LogP contribution >= 0.6 is 0 Å². The van der Waals surface area contributed by atoms with Crippen molar-refractivity contribution >= 4 is 0 Å². The van der Waals surface area contributed by atoms with E-state index in [0.717, 1.165) is 25.4 Å². The summed E-state index contributed by atoms with van der Waals surface area (Å²) in [6.45, 7) is 3.32. The van der Waals surface area contributed by atoms with Crippen molar-refractivity contribution in [2.75, 3.05) is 13.1 Å². The smallest absolute Gasteiger partial charge is 0.0764 e. The number of rotatable bonds is 4. The van der Waals surface area contributed by atoms with Crippen LogP contribution in [0.1, 0.15) is 24.2 Å². The van der Waals surface area contributed by atoms with Crippen LogP contribution in [-0.2, 0) is 20.0 Å². The number of hydrogen-bond acceptors (Lipinski definition) is 3. The van der Waals surface area contributed by atoms with Crippen LogP contribution in [0.4, 0.5) is 0 Å². The first-order valence-electron chi connectivity index (χ1n) is 7.40. The van der Waals surface area contributed by atoms with Gasteiger partial charge in [-0.3, -0.25) is 14.6 Å². The highest BCUT2D eigenvalue weighted by Gasteiger charge is 2.21. The highest BCUT2D eigenvalue weighted by Crippen LogP contribution is 2.21. The summed E-state index contributed by atoms with van der Waals surface area (Å²) in [6.07, 6.45) is 7.60. The molecule has 3 heterocycles. The summed E-state index contributed by atoms with van der Waals surface area (Å²) < 4.78 is 1.88. The average molecular weight is 270 g/mol. The van der Waals surface area contributed by atoms with Gasteiger partial charge in [-0.25, -0.2) is 0 Å². The van der Waals surface area contributed by atoms with E-state index in [-0.39, 0.29) is 0 Å². The predicted molar refractivity (Wildman–Crippen MR) is 79.2 cm³/mol. The Morgan fingerprint density at radius 3 is 2.95 bits per heavy atom. The number of hydrogen-bond donors (Lipinski definition) is 0. The highest BCUT2D eigenvalue weighted by atomic mass is 15.3. The number of aryl methyl sites for hydroxylation is 1. The predicted octanol–water partition coefficient (Wildman–Crippen LogP) is 2.27. The minimum Gasteiger partial charge on any atom is -0.297 e. The number of pyridine rings is 1. The molecule has 1 fully saturated rings. The zero-order chi connectivity index (χ0) is 13.8. The van der Waals surface area contributed by atoms with Gasteiger partial charge in [-0.2, -0.15) is 5.10 Å². The van der Waals surface area contributed by atoms with Gasteiger partial charge < -0.3 is 0 Å². The van der Waals surface area contributed by atoms with E-state index in [2.05, 4.69) is 33.2 Å². The average Bonchev–Trinajstić information content (AvgIpc) is 2.86. The molecule has 106 valence electrons. The summed E-state index contributed by atoms with van der Waals surface area (Å²) in [5.74, 6) is 0.724. The SMILES string of the molecule is Cn1ccc(CN2CCC[C@@H](Cc3ccccn3)C2)n1. The molecule has 0 N–H and O–H groups in total. The lowest BCUT2D eigenvalue weighted by molar-refractivity contribution is 0.164. The summed E-state index contributed by atoms with van der Waals surface area (Å²) >= 11 is 0. The second-order valence-electron chi connectivity index (χ2n) is 5.75. The fourth-order valence-electron chi connectivity index (χ4n) is 3.05. The molecule has 1 saturated heterocycles. The second kappa shape index (κ2) is 6.18. The minimum absolute atomic E-state index is 0.724. The minimum atomic E-state index is 0.724. The molecule has 4 nitrogen and oxygen atoms in total. The maximum absolute atomic E-state index is 4.48. The molecule has 0 spiro atoms. The molecule has 1 aliphatic heterocycles. The standard InChI is InChI=1S/C16H22N4/c1-19-10-7-16(18-19)13-20-9-4-5-14(12-20)11-15-6-2-3-8-17-15/h2-3,6-8,10,14H,4-5,9,11-13H2,1H3/t14-/m0/s1. The molecule has 0 radical (unpaired) electrons. The van der Waals surface area contributed by atoms with E-state index >= 15 is 0 Å². The second-order valence-corrected chi connectivity index (χ2v) is 5.75. The van der Waals surface area contributed by atoms with Crippen molar-refractivity contribution in [3.63, 3.8) is 0 Å². The van der Waals surface area contributed by atoms with Crippen LogP contribution in [0.25, 0.3) is 0 Å². The fraction of sp³-hybridized carbons (Fsp3) is 0.500. The van der Waals surface area contributed by atoms with Gasteiger partial charge in [0.1, 0.15) is 0 Å². The molecule has 20 heavy (non-hydrogen) atoms. The molecule has 0 amide bonds. The molecular formula is C16H22N4. The van der Waals surface area contributed by atoms with Crippen LogP contribution in [0.2, 0.25) is 0 Å². The number of piperidine rings is 1. The van der Waals surface area contributed by atoms with Crippen LogP contribution in [0.15, 0.2) is 36.7 Å². The van der Waals surface area contributed by atoms with Crippen molar-refractivity contribution in [2.24, 2.45) is 13.0 Å². The first-order valence-corrected chi connectivity index (χ1v) is 7.40. The Bertz CT molecular complexity index is 534. The number of likely N-dealkylation sites (tertiary alicyclic amines) is 1. The van der Waals surface area contributed by atoms with E-state index in [1.54, 1.807) is 0 Å². The lowest BCUT2D eigenvalue weighted by Gasteiger charge is -2.32. The molecule has 0 saturated carbocycles. The topological polar surface area (TPSA) is 34.0 Å². The van der Waals surface area contributed by atoms with E-state index in [4.69, 9.17) is 0 Å². The van der Waals surface area contributed by atoms with E-state index in [1.807, 2.05) is 30.2 Å². The summed E-state index contributed by atoms with van der Waals surface area (Å²) in [7, 11) is 1.98. The largest absolute Gasteiger partial charge is 0.297 e. The van der Waals surface area contributed by atoms with E-state index in [0.29, 0.717) is 0 Å². The van der Waals surface area contributed by atoms with Crippen molar-refractivity contribution in [1.29, 1.82) is 0 Å². The molecule has 0 aromatic carbocycles. The monoisotopic (exact) mass is 270 g/mol. The first kappa shape index (κ1) is 13.3. The molecule has 1 atom stereocenters. The van der Waals surface area contributed by atoms with Gasteiger partial charge in [-0.15, -0.1) is 0 Å². The van der Waals surface area contributed by atoms with Crippen LogP contribution in [0.5, 0.6) is 0 Å². The van der Waals surface area contributed by atoms with Crippen molar-refractivity contribution < 1.29 is 0 Å². The van der Waals surface area contributed by atoms with Crippen molar-refractivity contribution in [3.8, 4) is 0 Å². The van der Waals surface area contributed by atoms with Gasteiger partial charge in [0.05, 0.1) is 5.69 Å². The fourth-order valence-corrected chi connectivity index (χ4v) is 3.05. The van der Waals surface area contributed by atoms with E-state index in [1.165, 1.54) is 30.8 Å². The molecule has 2 aromatic rings. The first-order chi connectivity index (χ1) is 9.79. The van der Waals surface area contributed by atoms with Gasteiger partial charge in [0.25, 0.3) is 0 Å². The number of aromatic nitrogens is 3. The number of nitrogens with zero attached hydrogens (tertiary/aromatic N) is 4. The third-order valence-electron chi connectivity index (χ3n) is 3.98. The molecule has 3 rings (SSSR count). The quantitative estimate of drug-likeness (QED) is 0.854. The molecule has 4 heteroatoms. The van der Waals surface area contributed by atoms with Crippen LogP contribution in [0, 0.1) is 5.92 Å². The van der Waals surface area contributed by atoms with Crippen LogP contribution in [-0.4, -0.2) is 32.8 Å². The van der Waals surface area contributed by atoms with Gasteiger partial charge in [0.2, 0.25) is 0 Å². The molecular weight excluding hydrogens is 248 g/mol. The summed E-state index contributed by atoms with van der Waals surface area (Å²) in [5, 5.41) is 4.48. The van der Waals surface area contributed by atoms with Gasteiger partial charge >= 0.3 is 0 Å². The van der Waals surface area contributed by atoms with Crippen LogP contribution in [0.3, 0.4) is 0 Å². The Hall–Kier alpha value is -1.68. The van der Waals surface area contributed by atoms with Crippen molar-refractivity contribution in [2.45, 2.75) is 25.8 Å². The normalized spacial score (nSPS) is 20.1. The zero-order valence-corrected chi connectivity index (χ0v) is 12.1. The van der Waals surface area contributed by atoms with E-state index < -0.39 is 0 Å². The summed E-state index contributed by atoms with van der Waals surface area (Å²) in [5.41, 5.74) is 2.39. The third kappa shape index (κ3) is 3.45. The molecule has 1 aliphatic rings. The molecule has 0 unspecified atom stereocenters. The van der Waals surface area contributed by atoms with Crippen molar-refractivity contribution in [3.05, 3.63) is 48.0 Å².